The molecule has 0 heterocycles. The van der Waals surface area contributed by atoms with Crippen molar-refractivity contribution in [1.82, 2.24) is 0 Å². The molecule has 0 aliphatic carbocycles. The fourth-order valence-electron chi connectivity index (χ4n) is 0.534. The number of carbonyl (C=O) groups is 1. The van der Waals surface area contributed by atoms with Crippen LogP contribution in [0.2, 0.25) is 0 Å². The van der Waals surface area contributed by atoms with Gasteiger partial charge in [-0.2, -0.15) is 0 Å². The number of terminal acetylenes is 1. The molecule has 0 bridgehead atoms. The maximum Gasteiger partial charge on any atom is 0.290 e. The number of hydrogen-bond donors (Lipinski definition) is 1. The van der Waals surface area contributed by atoms with Crippen molar-refractivity contribution in [3.05, 3.63) is 35.9 Å². The van der Waals surface area contributed by atoms with E-state index in [1.54, 1.807) is 0 Å². The van der Waals surface area contributed by atoms with Crippen LogP contribution in [0.15, 0.2) is 30.3 Å². The molecular formula is C9H8O2. The smallest absolute Gasteiger partial charge is 0.290 e. The van der Waals surface area contributed by atoms with Crippen molar-refractivity contribution in [2.75, 3.05) is 0 Å². The third kappa shape index (κ3) is 4.73. The van der Waals surface area contributed by atoms with E-state index < -0.39 is 0 Å². The highest BCUT2D eigenvalue weighted by Gasteiger charge is 1.76. The molecule has 2 nitrogen and oxygen atoms in total. The van der Waals surface area contributed by atoms with Gasteiger partial charge in [0.25, 0.3) is 6.47 Å². The summed E-state index contributed by atoms with van der Waals surface area (Å²) in [5, 5.41) is 6.89. The van der Waals surface area contributed by atoms with Crippen LogP contribution in [0.3, 0.4) is 0 Å². The van der Waals surface area contributed by atoms with Crippen molar-refractivity contribution >= 4 is 6.47 Å². The Morgan fingerprint density at radius 1 is 1.36 bits per heavy atom. The van der Waals surface area contributed by atoms with Crippen molar-refractivity contribution in [3.8, 4) is 12.3 Å². The normalized spacial score (nSPS) is 6.82. The number of hydrogen-bond acceptors (Lipinski definition) is 1. The van der Waals surface area contributed by atoms with Gasteiger partial charge in [0.1, 0.15) is 0 Å². The minimum Gasteiger partial charge on any atom is -0.483 e. The van der Waals surface area contributed by atoms with Gasteiger partial charge in [0.05, 0.1) is 0 Å². The molecular weight excluding hydrogens is 140 g/mol. The first kappa shape index (κ1) is 9.25. The van der Waals surface area contributed by atoms with Gasteiger partial charge in [0, 0.05) is 5.56 Å². The van der Waals surface area contributed by atoms with Crippen molar-refractivity contribution < 1.29 is 9.90 Å². The molecule has 0 atom stereocenters. The summed E-state index contributed by atoms with van der Waals surface area (Å²) in [6.45, 7) is -0.250. The van der Waals surface area contributed by atoms with Crippen molar-refractivity contribution in [3.63, 3.8) is 0 Å². The molecule has 1 aromatic carbocycles. The Morgan fingerprint density at radius 2 is 1.82 bits per heavy atom. The van der Waals surface area contributed by atoms with Crippen LogP contribution in [0.5, 0.6) is 0 Å². The summed E-state index contributed by atoms with van der Waals surface area (Å²) in [5.41, 5.74) is 0.938. The van der Waals surface area contributed by atoms with E-state index in [1.807, 2.05) is 30.3 Å². The third-order valence-corrected chi connectivity index (χ3v) is 0.940. The van der Waals surface area contributed by atoms with E-state index in [0.29, 0.717) is 0 Å². The molecule has 0 aromatic heterocycles. The standard InChI is InChI=1S/C8H6.CH2O2/c1-2-8-6-4-3-5-7-8;2-1-3/h1,3-7H;1H,(H,2,3). The lowest BCUT2D eigenvalue weighted by Crippen LogP contribution is -1.66. The molecule has 0 fully saturated rings. The summed E-state index contributed by atoms with van der Waals surface area (Å²) in [7, 11) is 0. The molecule has 0 amide bonds. The van der Waals surface area contributed by atoms with Gasteiger partial charge in [-0.05, 0) is 12.1 Å². The van der Waals surface area contributed by atoms with Crippen LogP contribution in [0, 0.1) is 12.3 Å². The zero-order chi connectivity index (χ0) is 8.53. The molecule has 0 radical (unpaired) electrons. The van der Waals surface area contributed by atoms with Crippen LogP contribution in [-0.4, -0.2) is 11.6 Å². The SMILES string of the molecule is C#Cc1ccccc1.O=CO. The topological polar surface area (TPSA) is 37.3 Å². The van der Waals surface area contributed by atoms with E-state index in [1.165, 1.54) is 0 Å². The van der Waals surface area contributed by atoms with Crippen LogP contribution < -0.4 is 0 Å². The maximum atomic E-state index is 8.36. The minimum atomic E-state index is -0.250. The lowest BCUT2D eigenvalue weighted by Gasteiger charge is -1.82. The van der Waals surface area contributed by atoms with Crippen LogP contribution in [-0.2, 0) is 4.79 Å². The monoisotopic (exact) mass is 148 g/mol. The first-order valence-corrected chi connectivity index (χ1v) is 2.94. The molecule has 0 saturated heterocycles. The Bertz CT molecular complexity index is 233. The molecule has 56 valence electrons. The Hall–Kier alpha value is -1.75. The number of rotatable bonds is 0. The van der Waals surface area contributed by atoms with Crippen LogP contribution >= 0.6 is 0 Å². The molecule has 0 spiro atoms. The highest BCUT2D eigenvalue weighted by Crippen LogP contribution is 1.92. The second kappa shape index (κ2) is 6.37. The Labute approximate surface area is 65.5 Å². The lowest BCUT2D eigenvalue weighted by atomic mass is 10.2. The van der Waals surface area contributed by atoms with Crippen molar-refractivity contribution in [1.29, 1.82) is 0 Å². The van der Waals surface area contributed by atoms with Gasteiger partial charge in [-0.1, -0.05) is 24.1 Å². The largest absolute Gasteiger partial charge is 0.483 e. The fraction of sp³-hybridized carbons (Fsp3) is 0. The molecule has 1 N–H and O–H groups in total. The molecule has 0 unspecified atom stereocenters. The number of benzene rings is 1. The average Bonchev–Trinajstić information content (AvgIpc) is 2.08. The van der Waals surface area contributed by atoms with Crippen molar-refractivity contribution in [2.24, 2.45) is 0 Å². The second-order valence-electron chi connectivity index (χ2n) is 1.62. The summed E-state index contributed by atoms with van der Waals surface area (Å²) in [4.78, 5) is 8.36. The van der Waals surface area contributed by atoms with Gasteiger partial charge in [0.15, 0.2) is 0 Å². The van der Waals surface area contributed by atoms with E-state index in [-0.39, 0.29) is 6.47 Å². The van der Waals surface area contributed by atoms with Gasteiger partial charge in [-0.3, -0.25) is 4.79 Å². The molecule has 0 saturated carbocycles. The Morgan fingerprint density at radius 3 is 2.09 bits per heavy atom. The first-order valence-electron chi connectivity index (χ1n) is 2.94. The van der Waals surface area contributed by atoms with E-state index >= 15 is 0 Å². The average molecular weight is 148 g/mol. The summed E-state index contributed by atoms with van der Waals surface area (Å²) in [6, 6.07) is 9.60. The fourth-order valence-corrected chi connectivity index (χ4v) is 0.534. The van der Waals surface area contributed by atoms with Crippen LogP contribution in [0.25, 0.3) is 0 Å². The quantitative estimate of drug-likeness (QED) is 0.445. The van der Waals surface area contributed by atoms with Gasteiger partial charge in [-0.15, -0.1) is 6.42 Å². The molecule has 1 rings (SSSR count). The van der Waals surface area contributed by atoms with E-state index in [9.17, 15) is 0 Å². The van der Waals surface area contributed by atoms with Gasteiger partial charge >= 0.3 is 0 Å². The molecule has 0 aliphatic rings. The summed E-state index contributed by atoms with van der Waals surface area (Å²) in [5.74, 6) is 2.53. The highest BCUT2D eigenvalue weighted by atomic mass is 16.3. The highest BCUT2D eigenvalue weighted by molar-refractivity contribution is 5.32. The van der Waals surface area contributed by atoms with Gasteiger partial charge in [-0.25, -0.2) is 0 Å². The molecule has 1 aromatic rings. The predicted octanol–water partition coefficient (Wildman–Crippen LogP) is 1.37. The van der Waals surface area contributed by atoms with E-state index in [0.717, 1.165) is 5.56 Å². The van der Waals surface area contributed by atoms with Crippen molar-refractivity contribution in [2.45, 2.75) is 0 Å². The lowest BCUT2D eigenvalue weighted by molar-refractivity contribution is -0.122. The summed E-state index contributed by atoms with van der Waals surface area (Å²) >= 11 is 0. The Balaban J connectivity index is 0.000000292. The zero-order valence-corrected chi connectivity index (χ0v) is 5.90. The molecule has 0 aliphatic heterocycles. The van der Waals surface area contributed by atoms with Gasteiger partial charge < -0.3 is 5.11 Å². The zero-order valence-electron chi connectivity index (χ0n) is 5.90. The van der Waals surface area contributed by atoms with Gasteiger partial charge in [0.2, 0.25) is 0 Å². The molecule has 2 heteroatoms. The van der Waals surface area contributed by atoms with Crippen LogP contribution in [0.1, 0.15) is 5.56 Å². The third-order valence-electron chi connectivity index (χ3n) is 0.940. The number of carboxylic acid groups (broad SMARTS) is 1. The maximum absolute atomic E-state index is 8.36. The first-order chi connectivity index (χ1) is 5.35. The minimum absolute atomic E-state index is 0.250. The van der Waals surface area contributed by atoms with E-state index in [2.05, 4.69) is 5.92 Å². The Kier molecular flexibility index (Phi) is 5.36. The van der Waals surface area contributed by atoms with E-state index in [4.69, 9.17) is 16.3 Å². The summed E-state index contributed by atoms with van der Waals surface area (Å²) < 4.78 is 0. The van der Waals surface area contributed by atoms with Crippen LogP contribution in [0.4, 0.5) is 0 Å². The predicted molar refractivity (Wildman–Crippen MR) is 43.1 cm³/mol. The molecule has 11 heavy (non-hydrogen) atoms. The summed E-state index contributed by atoms with van der Waals surface area (Å²) in [6.07, 6.45) is 5.10. The second-order valence-corrected chi connectivity index (χ2v) is 1.62.